The molecule has 3 aromatic carbocycles. The molecule has 0 spiro atoms. The number of aliphatic carboxylic acids is 3. The van der Waals surface area contributed by atoms with Crippen molar-refractivity contribution in [2.45, 2.75) is 266 Å². The maximum absolute atomic E-state index is 16.0. The second kappa shape index (κ2) is 54.4. The van der Waals surface area contributed by atoms with Gasteiger partial charge in [-0.3, -0.25) is 91.1 Å². The Labute approximate surface area is 836 Å². The minimum absolute atomic E-state index is 0.0339. The Balaban J connectivity index is 1.13. The van der Waals surface area contributed by atoms with Gasteiger partial charge >= 0.3 is 17.9 Å². The van der Waals surface area contributed by atoms with Gasteiger partial charge in [0.15, 0.2) is 5.78 Å². The van der Waals surface area contributed by atoms with Crippen LogP contribution in [0.4, 0.5) is 0 Å². The molecule has 0 bridgehead atoms. The molecule has 4 saturated heterocycles. The highest BCUT2D eigenvalue weighted by Crippen LogP contribution is 2.32. The number of unbranched alkanes of at least 4 members (excludes halogenated alkanes) is 2. The lowest BCUT2D eigenvalue weighted by Gasteiger charge is -2.38. The Morgan fingerprint density at radius 3 is 1.80 bits per heavy atom. The second-order valence-corrected chi connectivity index (χ2v) is 38.3. The molecule has 144 heavy (non-hydrogen) atoms. The van der Waals surface area contributed by atoms with Crippen LogP contribution in [-0.4, -0.2) is 333 Å². The van der Waals surface area contributed by atoms with Crippen LogP contribution in [0, 0.1) is 24.2 Å². The van der Waals surface area contributed by atoms with Gasteiger partial charge in [-0.1, -0.05) is 102 Å². The largest absolute Gasteiger partial charge is 0.508 e. The summed E-state index contributed by atoms with van der Waals surface area (Å²) in [6, 6.07) is -3.37. The summed E-state index contributed by atoms with van der Waals surface area (Å²) >= 11 is 0.656. The number of thioether (sulfide) groups is 1. The number of phenols is 1. The number of H-pyrrole nitrogens is 1. The summed E-state index contributed by atoms with van der Waals surface area (Å²) in [4.78, 5) is 300. The fourth-order valence-electron chi connectivity index (χ4n) is 18.5. The molecule has 4 aliphatic rings. The summed E-state index contributed by atoms with van der Waals surface area (Å²) in [6.07, 6.45) is 3.64. The number of para-hydroxylation sites is 2. The summed E-state index contributed by atoms with van der Waals surface area (Å²) in [5.41, 5.74) is 20.5. The number of carboxylic acids is 3. The van der Waals surface area contributed by atoms with Crippen LogP contribution in [0.2, 0.25) is 0 Å². The average molecular weight is 2020 g/mol. The molecule has 16 atom stereocenters. The summed E-state index contributed by atoms with van der Waals surface area (Å²) in [7, 11) is 2.54. The molecule has 4 aliphatic heterocycles. The molecular weight excluding hydrogens is 1890 g/mol. The van der Waals surface area contributed by atoms with E-state index < -0.39 is 291 Å². The highest BCUT2D eigenvalue weighted by atomic mass is 32.2. The molecule has 0 aliphatic carbocycles. The molecule has 45 nitrogen and oxygen atoms in total. The number of likely N-dealkylation sites (N-methyl/N-ethyl adjacent to an activating group) is 2. The molecule has 6 heterocycles. The van der Waals surface area contributed by atoms with Crippen molar-refractivity contribution in [1.29, 1.82) is 0 Å². The second-order valence-electron chi connectivity index (χ2n) is 37.2. The standard InChI is InChI=1S/C98H134N20O25S/c1-8-11-24-74-90(134)107-64(33-34-83(125)126)87(131)112-72(86(130)103-48-81(123)104-66(20-10-3)98(142)143)52-144-53-82(124)105-68(40-55-29-31-59(119)32-30-55)94(138)116-37-18-17-27-75(116)91(135)110-70(45-80(101)122)95(139)117-38-19-28-76(117)92(136)111-71(46-100)89(133)108-67(39-54(4)5)96(140)118-50-60(120)44-78(118)79(121)43-56(41-57-47-102-63-23-15-13-21-61(57)63)85(129)106-65(35-36-99)88(132)109-69(93(137)114(7)77(25-12-9-2)97(141)113(74)6)42-58-49-115(51-84(127)128)73-26-16-14-22-62(58)73/h3,13-16,21-23,26,29-32,47,49,54,56,60,64-72,74-78,102,119-120H,8-9,11-12,17-20,24-25,27-28,33-46,48,50-53,99-100H2,1-2,4-7H3,(H2,101,122)(H,103,130)(H,104,123)(H,105,124)(H,106,129)(H,107,134)(H,108,133)(H,109,132)(H,110,135)(H,111,136)(H,112,131)(H,125,126)(H,127,128)(H,142,143)/t56-,60-,64+,65+,66+,67+,68+,69+,70+,71+,72+,74+,75+,76+,77+,78+/m1/s1. The number of hydrogen-bond donors (Lipinski definition) is 19. The number of piperidine rings is 1. The molecule has 782 valence electrons. The fourth-order valence-corrected chi connectivity index (χ4v) is 19.4. The average Bonchev–Trinajstić information content (AvgIpc) is 1.87. The maximum Gasteiger partial charge on any atom is 0.327 e. The fraction of sp³-hybridized carbons (Fsp3) is 0.551. The van der Waals surface area contributed by atoms with Gasteiger partial charge in [0.1, 0.15) is 90.8 Å². The van der Waals surface area contributed by atoms with Gasteiger partial charge in [0.2, 0.25) is 94.5 Å². The molecule has 0 unspecified atom stereocenters. The third-order valence-corrected chi connectivity index (χ3v) is 27.1. The van der Waals surface area contributed by atoms with Crippen molar-refractivity contribution in [2.24, 2.45) is 29.0 Å². The van der Waals surface area contributed by atoms with Crippen molar-refractivity contribution >= 4 is 152 Å². The molecular formula is C98H134N20O25S. The normalized spacial score (nSPS) is 24.6. The van der Waals surface area contributed by atoms with Crippen LogP contribution in [0.3, 0.4) is 0 Å². The van der Waals surface area contributed by atoms with Gasteiger partial charge in [-0.15, -0.1) is 24.1 Å². The van der Waals surface area contributed by atoms with Crippen LogP contribution in [0.25, 0.3) is 21.8 Å². The molecule has 46 heteroatoms. The Kier molecular flexibility index (Phi) is 42.9. The number of rotatable bonds is 30. The topological polar surface area (TPSA) is 678 Å². The number of terminal acetylenes is 1. The Morgan fingerprint density at radius 2 is 1.16 bits per heavy atom. The number of primary amides is 1. The third kappa shape index (κ3) is 31.5. The number of carbonyl (C=O) groups is 20. The monoisotopic (exact) mass is 2020 g/mol. The number of aromatic hydroxyl groups is 1. The van der Waals surface area contributed by atoms with Crippen molar-refractivity contribution in [1.82, 2.24) is 87.2 Å². The van der Waals surface area contributed by atoms with Crippen molar-refractivity contribution in [3.63, 3.8) is 0 Å². The summed E-state index contributed by atoms with van der Waals surface area (Å²) in [6.45, 7) is 3.92. The van der Waals surface area contributed by atoms with Gasteiger partial charge in [0.25, 0.3) is 0 Å². The number of nitrogens with zero attached hydrogens (tertiary/aromatic N) is 6. The number of phenolic OH excluding ortho intramolecular Hbond substituents is 1. The first kappa shape index (κ1) is 114. The van der Waals surface area contributed by atoms with Crippen LogP contribution >= 0.6 is 11.8 Å². The van der Waals surface area contributed by atoms with E-state index in [9.17, 15) is 78.3 Å². The summed E-state index contributed by atoms with van der Waals surface area (Å²) < 4.78 is 1.41. The quantitative estimate of drug-likeness (QED) is 0.0228. The minimum atomic E-state index is -1.89. The molecule has 16 amide bonds. The summed E-state index contributed by atoms with van der Waals surface area (Å²) in [5, 5.41) is 78.6. The number of Topliss-reactive ketones (excluding diaryl/α,β-unsaturated/α-hetero) is 1. The van der Waals surface area contributed by atoms with Gasteiger partial charge in [0.05, 0.1) is 30.9 Å². The zero-order valence-corrected chi connectivity index (χ0v) is 82.4. The van der Waals surface area contributed by atoms with Crippen LogP contribution in [-0.2, 0) is 122 Å². The number of aliphatic hydroxyl groups excluding tert-OH is 1. The molecule has 5 aromatic rings. The number of hydrogen-bond acceptors (Lipinski definition) is 25. The maximum atomic E-state index is 16.0. The summed E-state index contributed by atoms with van der Waals surface area (Å²) in [5.74, 6) is -21.9. The third-order valence-electron chi connectivity index (χ3n) is 26.0. The van der Waals surface area contributed by atoms with Gasteiger partial charge < -0.3 is 130 Å². The van der Waals surface area contributed by atoms with Crippen molar-refractivity contribution in [2.75, 3.05) is 64.9 Å². The predicted molar refractivity (Wildman–Crippen MR) is 524 cm³/mol. The van der Waals surface area contributed by atoms with Crippen LogP contribution < -0.4 is 70.4 Å². The lowest BCUT2D eigenvalue weighted by Crippen LogP contribution is -2.62. The number of aromatic nitrogens is 2. The number of ketones is 1. The lowest BCUT2D eigenvalue weighted by molar-refractivity contribution is -0.149. The lowest BCUT2D eigenvalue weighted by atomic mass is 9.90. The SMILES string of the molecule is C#CC[C@H](NC(=O)CNC(=O)[C@@H]1CSCC(=O)N[C@@H](Cc2ccc(O)cc2)C(=O)N2CCCC[C@H]2C(=O)N[C@@H](CC(N)=O)C(=O)N2CCC[C@H]2C(=O)N[C@@H](CN)C(=O)N[C@@H](CC(C)C)C(=O)N2C[C@H](O)C[C@H]2C(=O)C[C@@H](Cc2c[nH]c3ccccc23)C(=O)N[C@@H](CCN)C(=O)N[C@@H](Cc2cn(CC(=O)O)c3ccccc23)C(=O)N(C)[C@@H](CCCC)C(=O)N(C)[C@@H](CCCC)C(=O)N[C@@H](CCC(=O)O)C(=O)N1)C(=O)O. The van der Waals surface area contributed by atoms with Gasteiger partial charge in [0, 0.05) is 125 Å². The number of aromatic amines is 1. The zero-order chi connectivity index (χ0) is 105. The van der Waals surface area contributed by atoms with E-state index in [4.69, 9.17) is 23.6 Å². The number of nitrogens with two attached hydrogens (primary N) is 3. The Hall–Kier alpha value is -14.1. The minimum Gasteiger partial charge on any atom is -0.508 e. The molecule has 9 rings (SSSR count). The highest BCUT2D eigenvalue weighted by Gasteiger charge is 2.48. The molecule has 4 fully saturated rings. The molecule has 0 saturated carbocycles. The molecule has 22 N–H and O–H groups in total. The van der Waals surface area contributed by atoms with Crippen LogP contribution in [0.5, 0.6) is 5.75 Å². The number of carbonyl (C=O) groups excluding carboxylic acids is 17. The van der Waals surface area contributed by atoms with E-state index in [1.54, 1.807) is 82.4 Å². The van der Waals surface area contributed by atoms with E-state index in [2.05, 4.69) is 64.1 Å². The van der Waals surface area contributed by atoms with Gasteiger partial charge in [-0.05, 0) is 124 Å². The Morgan fingerprint density at radius 1 is 0.583 bits per heavy atom. The van der Waals surface area contributed by atoms with Crippen LogP contribution in [0.1, 0.15) is 166 Å². The zero-order valence-electron chi connectivity index (χ0n) is 81.6. The Bertz CT molecular complexity index is 5530. The molecule has 0 radical (unpaired) electrons. The van der Waals surface area contributed by atoms with Crippen molar-refractivity contribution in [3.05, 3.63) is 102 Å². The number of nitrogens with one attached hydrogen (secondary N) is 11. The predicted octanol–water partition coefficient (Wildman–Crippen LogP) is -1.69. The van der Waals surface area contributed by atoms with E-state index in [0.717, 1.165) is 24.5 Å². The van der Waals surface area contributed by atoms with E-state index in [1.807, 2.05) is 0 Å². The number of benzene rings is 3. The first-order valence-electron chi connectivity index (χ1n) is 48.5. The molecule has 2 aromatic heterocycles. The first-order chi connectivity index (χ1) is 68.6. The smallest absolute Gasteiger partial charge is 0.327 e. The van der Waals surface area contributed by atoms with E-state index >= 15 is 43.2 Å². The van der Waals surface area contributed by atoms with Crippen LogP contribution in [0.15, 0.2) is 85.2 Å². The van der Waals surface area contributed by atoms with Gasteiger partial charge in [-0.25, -0.2) is 4.79 Å². The van der Waals surface area contributed by atoms with E-state index in [0.29, 0.717) is 75.9 Å². The number of amides is 16. The first-order valence-corrected chi connectivity index (χ1v) is 49.6. The number of carboxylic acid groups (broad SMARTS) is 3. The van der Waals surface area contributed by atoms with Crippen molar-refractivity contribution < 1.29 is 121 Å². The van der Waals surface area contributed by atoms with E-state index in [1.165, 1.54) is 49.1 Å². The van der Waals surface area contributed by atoms with E-state index in [-0.39, 0.29) is 108 Å². The van der Waals surface area contributed by atoms with Crippen molar-refractivity contribution in [3.8, 4) is 18.1 Å². The number of fused-ring (bicyclic) bond motifs is 5. The van der Waals surface area contributed by atoms with Gasteiger partial charge in [-0.2, -0.15) is 0 Å². The number of aliphatic hydroxyl groups is 1. The highest BCUT2D eigenvalue weighted by molar-refractivity contribution is 8.00.